The molecule has 170 valence electrons. The van der Waals surface area contributed by atoms with Crippen molar-refractivity contribution in [2.75, 3.05) is 17.2 Å². The van der Waals surface area contributed by atoms with Crippen LogP contribution in [0.1, 0.15) is 27.0 Å². The third-order valence-corrected chi connectivity index (χ3v) is 5.36. The van der Waals surface area contributed by atoms with E-state index in [0.29, 0.717) is 39.3 Å². The fourth-order valence-electron chi connectivity index (χ4n) is 3.11. The number of rotatable bonds is 9. The Kier molecular flexibility index (Phi) is 7.68. The van der Waals surface area contributed by atoms with Crippen LogP contribution >= 0.6 is 15.9 Å². The molecule has 0 aliphatic carbocycles. The maximum absolute atomic E-state index is 13.0. The van der Waals surface area contributed by atoms with Crippen LogP contribution < -0.4 is 21.1 Å². The number of carboxylic acids is 1. The summed E-state index contributed by atoms with van der Waals surface area (Å²) in [5.41, 5.74) is 9.34. The van der Waals surface area contributed by atoms with Gasteiger partial charge in [0.05, 0.1) is 10.0 Å². The molecule has 0 saturated heterocycles. The van der Waals surface area contributed by atoms with E-state index in [0.717, 1.165) is 11.1 Å². The van der Waals surface area contributed by atoms with Crippen LogP contribution in [0.15, 0.2) is 65.1 Å². The van der Waals surface area contributed by atoms with Crippen molar-refractivity contribution in [3.8, 4) is 5.75 Å². The second-order valence-corrected chi connectivity index (χ2v) is 8.11. The molecular weight excluding hydrogens is 488 g/mol. The summed E-state index contributed by atoms with van der Waals surface area (Å²) in [6.07, 6.45) is 0. The van der Waals surface area contributed by atoms with Crippen molar-refractivity contribution in [2.45, 2.75) is 13.5 Å². The Balaban J connectivity index is 1.79. The zero-order valence-electron chi connectivity index (χ0n) is 17.8. The zero-order valence-corrected chi connectivity index (χ0v) is 19.4. The molecule has 0 heterocycles. The Morgan fingerprint density at radius 2 is 1.85 bits per heavy atom. The van der Waals surface area contributed by atoms with E-state index in [4.69, 9.17) is 21.0 Å². The van der Waals surface area contributed by atoms with Crippen molar-refractivity contribution in [3.63, 3.8) is 0 Å². The van der Waals surface area contributed by atoms with Gasteiger partial charge in [0.15, 0.2) is 6.61 Å². The lowest BCUT2D eigenvalue weighted by atomic mass is 10.1. The van der Waals surface area contributed by atoms with Gasteiger partial charge in [-0.2, -0.15) is 0 Å². The molecule has 0 aliphatic rings. The summed E-state index contributed by atoms with van der Waals surface area (Å²) in [7, 11) is 0. The highest BCUT2D eigenvalue weighted by Crippen LogP contribution is 2.30. The molecule has 1 amide bonds. The molecule has 0 spiro atoms. The minimum absolute atomic E-state index is 0.0442. The largest absolute Gasteiger partial charge is 0.480 e. The lowest BCUT2D eigenvalue weighted by Gasteiger charge is -2.16. The van der Waals surface area contributed by atoms with E-state index < -0.39 is 12.6 Å². The molecular formula is C24H23BrN4O4. The number of carbonyl (C=O) groups is 2. The third-order valence-electron chi connectivity index (χ3n) is 4.73. The lowest BCUT2D eigenvalue weighted by molar-refractivity contribution is -0.139. The predicted molar refractivity (Wildman–Crippen MR) is 131 cm³/mol. The van der Waals surface area contributed by atoms with Crippen molar-refractivity contribution < 1.29 is 19.4 Å². The van der Waals surface area contributed by atoms with Gasteiger partial charge in [-0.1, -0.05) is 23.8 Å². The number of anilines is 2. The molecule has 0 unspecified atom stereocenters. The number of aryl methyl sites for hydroxylation is 1. The summed E-state index contributed by atoms with van der Waals surface area (Å²) in [4.78, 5) is 23.9. The van der Waals surface area contributed by atoms with E-state index in [2.05, 4.69) is 26.6 Å². The second-order valence-electron chi connectivity index (χ2n) is 7.26. The molecule has 3 rings (SSSR count). The van der Waals surface area contributed by atoms with Crippen molar-refractivity contribution in [1.82, 2.24) is 0 Å². The molecule has 0 bridgehead atoms. The van der Waals surface area contributed by atoms with Crippen molar-refractivity contribution in [1.29, 1.82) is 5.41 Å². The van der Waals surface area contributed by atoms with Crippen LogP contribution in [0.25, 0.3) is 0 Å². The van der Waals surface area contributed by atoms with Gasteiger partial charge >= 0.3 is 5.97 Å². The molecule has 3 aromatic rings. The first-order valence-corrected chi connectivity index (χ1v) is 10.8. The molecule has 0 saturated carbocycles. The number of amides is 1. The van der Waals surface area contributed by atoms with Crippen LogP contribution in [0.3, 0.4) is 0 Å². The van der Waals surface area contributed by atoms with Crippen molar-refractivity contribution >= 4 is 45.0 Å². The van der Waals surface area contributed by atoms with E-state index >= 15 is 0 Å². The number of benzene rings is 3. The smallest absolute Gasteiger partial charge is 0.341 e. The molecule has 0 fully saturated rings. The van der Waals surface area contributed by atoms with Crippen LogP contribution in [0.4, 0.5) is 11.4 Å². The van der Waals surface area contributed by atoms with Crippen LogP contribution in [-0.2, 0) is 11.3 Å². The highest BCUT2D eigenvalue weighted by Gasteiger charge is 2.15. The van der Waals surface area contributed by atoms with Gasteiger partial charge < -0.3 is 26.2 Å². The summed E-state index contributed by atoms with van der Waals surface area (Å²) in [6, 6.07) is 17.6. The minimum atomic E-state index is -1.07. The second kappa shape index (κ2) is 10.6. The van der Waals surface area contributed by atoms with E-state index in [1.165, 1.54) is 0 Å². The number of para-hydroxylation sites is 1. The molecule has 8 nitrogen and oxygen atoms in total. The standard InChI is InChI=1S/C24H23BrN4O4/c1-14-5-10-20(28-12-16-3-2-4-19(25)22(16)33-13-21(30)31)18(11-14)24(32)29-17-8-6-15(7-9-17)23(26)27/h2-11,28H,12-13H2,1H3,(H3,26,27)(H,29,32)(H,30,31). The van der Waals surface area contributed by atoms with Crippen LogP contribution in [0.5, 0.6) is 5.75 Å². The van der Waals surface area contributed by atoms with Gasteiger partial charge in [0.1, 0.15) is 11.6 Å². The Morgan fingerprint density at radius 3 is 2.52 bits per heavy atom. The van der Waals surface area contributed by atoms with Crippen molar-refractivity contribution in [2.24, 2.45) is 5.73 Å². The minimum Gasteiger partial charge on any atom is -0.480 e. The number of aliphatic carboxylic acids is 1. The fourth-order valence-corrected chi connectivity index (χ4v) is 3.63. The zero-order chi connectivity index (χ0) is 24.0. The maximum atomic E-state index is 13.0. The number of nitrogens with one attached hydrogen (secondary N) is 3. The molecule has 9 heteroatoms. The number of ether oxygens (including phenoxy) is 1. The number of amidine groups is 1. The van der Waals surface area contributed by atoms with Crippen molar-refractivity contribution in [3.05, 3.63) is 87.4 Å². The molecule has 0 atom stereocenters. The van der Waals surface area contributed by atoms with Gasteiger partial charge in [0.2, 0.25) is 0 Å². The molecule has 3 aromatic carbocycles. The third kappa shape index (κ3) is 6.33. The topological polar surface area (TPSA) is 138 Å². The summed E-state index contributed by atoms with van der Waals surface area (Å²) in [6.45, 7) is 1.75. The fraction of sp³-hybridized carbons (Fsp3) is 0.125. The molecule has 0 aromatic heterocycles. The lowest BCUT2D eigenvalue weighted by Crippen LogP contribution is -2.16. The molecule has 33 heavy (non-hydrogen) atoms. The Bertz CT molecular complexity index is 1200. The summed E-state index contributed by atoms with van der Waals surface area (Å²) in [5.74, 6) is -0.986. The first-order valence-electron chi connectivity index (χ1n) is 9.97. The SMILES string of the molecule is Cc1ccc(NCc2cccc(Br)c2OCC(=O)O)c(C(=O)Nc2ccc(C(=N)N)cc2)c1. The monoisotopic (exact) mass is 510 g/mol. The Labute approximate surface area is 199 Å². The molecule has 6 N–H and O–H groups in total. The van der Waals surface area contributed by atoms with Crippen LogP contribution in [-0.4, -0.2) is 29.4 Å². The van der Waals surface area contributed by atoms with E-state index in [-0.39, 0.29) is 11.7 Å². The average molecular weight is 511 g/mol. The van der Waals surface area contributed by atoms with Crippen LogP contribution in [0.2, 0.25) is 0 Å². The number of hydrogen-bond acceptors (Lipinski definition) is 5. The van der Waals surface area contributed by atoms with Crippen LogP contribution in [0, 0.1) is 12.3 Å². The van der Waals surface area contributed by atoms with Gasteiger partial charge in [-0.05, 0) is 65.3 Å². The number of halogens is 1. The van der Waals surface area contributed by atoms with Gasteiger partial charge in [-0.15, -0.1) is 0 Å². The Morgan fingerprint density at radius 1 is 1.12 bits per heavy atom. The van der Waals surface area contributed by atoms with E-state index in [1.54, 1.807) is 36.4 Å². The molecule has 0 radical (unpaired) electrons. The molecule has 0 aliphatic heterocycles. The summed E-state index contributed by atoms with van der Waals surface area (Å²) in [5, 5.41) is 22.5. The normalized spacial score (nSPS) is 10.4. The van der Waals surface area contributed by atoms with Gasteiger partial charge in [-0.3, -0.25) is 10.2 Å². The Hall–Kier alpha value is -3.85. The van der Waals surface area contributed by atoms with E-state index in [1.807, 2.05) is 31.2 Å². The highest BCUT2D eigenvalue weighted by atomic mass is 79.9. The van der Waals surface area contributed by atoms with Gasteiger partial charge in [0, 0.05) is 29.0 Å². The highest BCUT2D eigenvalue weighted by molar-refractivity contribution is 9.10. The first kappa shape index (κ1) is 23.8. The number of nitrogen functional groups attached to an aromatic ring is 1. The van der Waals surface area contributed by atoms with E-state index in [9.17, 15) is 9.59 Å². The van der Waals surface area contributed by atoms with Gasteiger partial charge in [-0.25, -0.2) is 4.79 Å². The first-order chi connectivity index (χ1) is 15.7. The quantitative estimate of drug-likeness (QED) is 0.214. The average Bonchev–Trinajstić information content (AvgIpc) is 2.77. The number of nitrogens with two attached hydrogens (primary N) is 1. The predicted octanol–water partition coefficient (Wildman–Crippen LogP) is 4.37. The number of carbonyl (C=O) groups excluding carboxylic acids is 1. The maximum Gasteiger partial charge on any atom is 0.341 e. The summed E-state index contributed by atoms with van der Waals surface area (Å²) >= 11 is 3.39. The van der Waals surface area contributed by atoms with Gasteiger partial charge in [0.25, 0.3) is 5.91 Å². The summed E-state index contributed by atoms with van der Waals surface area (Å²) < 4.78 is 6.07. The number of hydrogen-bond donors (Lipinski definition) is 5. The number of carboxylic acid groups (broad SMARTS) is 1.